The Bertz CT molecular complexity index is 648. The van der Waals surface area contributed by atoms with E-state index in [9.17, 15) is 4.79 Å². The fourth-order valence-electron chi connectivity index (χ4n) is 2.90. The summed E-state index contributed by atoms with van der Waals surface area (Å²) >= 11 is 0. The summed E-state index contributed by atoms with van der Waals surface area (Å²) in [5.74, 6) is 0.0934. The zero-order chi connectivity index (χ0) is 15.4. The number of nitrogens with one attached hydrogen (secondary N) is 1. The van der Waals surface area contributed by atoms with Crippen LogP contribution in [0, 0.1) is 5.92 Å². The van der Waals surface area contributed by atoms with Crippen LogP contribution in [0.1, 0.15) is 18.5 Å². The number of amides is 1. The monoisotopic (exact) mass is 299 g/mol. The molecule has 0 radical (unpaired) electrons. The predicted octanol–water partition coefficient (Wildman–Crippen LogP) is 1.60. The summed E-state index contributed by atoms with van der Waals surface area (Å²) in [7, 11) is 0. The number of rotatable bonds is 4. The van der Waals surface area contributed by atoms with Crippen LogP contribution in [0.25, 0.3) is 10.8 Å². The van der Waals surface area contributed by atoms with Gasteiger partial charge in [-0.1, -0.05) is 24.3 Å². The second-order valence-electron chi connectivity index (χ2n) is 5.67. The summed E-state index contributed by atoms with van der Waals surface area (Å²) in [6, 6.07) is 9.51. The van der Waals surface area contributed by atoms with Crippen LogP contribution in [0.5, 0.6) is 0 Å². The SMILES string of the molecule is NC(C(=O)NCc1nccc2ccccc12)C1CCOCC1. The quantitative estimate of drug-likeness (QED) is 0.899. The minimum atomic E-state index is -0.473. The molecule has 2 aromatic rings. The lowest BCUT2D eigenvalue weighted by molar-refractivity contribution is -0.124. The molecule has 1 aromatic carbocycles. The van der Waals surface area contributed by atoms with Gasteiger partial charge in [0, 0.05) is 24.8 Å². The number of nitrogens with two attached hydrogens (primary N) is 1. The summed E-state index contributed by atoms with van der Waals surface area (Å²) in [6.07, 6.45) is 3.46. The Balaban J connectivity index is 1.64. The number of hydrogen-bond donors (Lipinski definition) is 2. The lowest BCUT2D eigenvalue weighted by Gasteiger charge is -2.26. The average Bonchev–Trinajstić information content (AvgIpc) is 2.59. The van der Waals surface area contributed by atoms with Gasteiger partial charge < -0.3 is 15.8 Å². The van der Waals surface area contributed by atoms with Crippen molar-refractivity contribution in [2.75, 3.05) is 13.2 Å². The summed E-state index contributed by atoms with van der Waals surface area (Å²) in [5, 5.41) is 5.10. The Morgan fingerprint density at radius 1 is 1.32 bits per heavy atom. The molecule has 1 amide bonds. The molecule has 1 aliphatic heterocycles. The maximum Gasteiger partial charge on any atom is 0.237 e. The van der Waals surface area contributed by atoms with Gasteiger partial charge in [0.05, 0.1) is 18.3 Å². The molecule has 1 saturated heterocycles. The van der Waals surface area contributed by atoms with Gasteiger partial charge in [-0.15, -0.1) is 0 Å². The van der Waals surface area contributed by atoms with Gasteiger partial charge in [0.15, 0.2) is 0 Å². The molecule has 1 aliphatic rings. The third-order valence-electron chi connectivity index (χ3n) is 4.26. The second-order valence-corrected chi connectivity index (χ2v) is 5.67. The number of pyridine rings is 1. The molecule has 5 nitrogen and oxygen atoms in total. The Labute approximate surface area is 129 Å². The number of carbonyl (C=O) groups is 1. The lowest BCUT2D eigenvalue weighted by atomic mass is 9.92. The minimum Gasteiger partial charge on any atom is -0.381 e. The van der Waals surface area contributed by atoms with Crippen LogP contribution >= 0.6 is 0 Å². The number of nitrogens with zero attached hydrogens (tertiary/aromatic N) is 1. The van der Waals surface area contributed by atoms with Crippen LogP contribution in [0.15, 0.2) is 36.5 Å². The van der Waals surface area contributed by atoms with Crippen molar-refractivity contribution in [3.63, 3.8) is 0 Å². The Morgan fingerprint density at radius 2 is 2.09 bits per heavy atom. The van der Waals surface area contributed by atoms with Gasteiger partial charge in [-0.25, -0.2) is 0 Å². The van der Waals surface area contributed by atoms with Crippen molar-refractivity contribution in [3.05, 3.63) is 42.2 Å². The zero-order valence-corrected chi connectivity index (χ0v) is 12.5. The van der Waals surface area contributed by atoms with Crippen molar-refractivity contribution in [1.29, 1.82) is 0 Å². The van der Waals surface area contributed by atoms with Crippen molar-refractivity contribution in [2.45, 2.75) is 25.4 Å². The van der Waals surface area contributed by atoms with Crippen LogP contribution in [0.4, 0.5) is 0 Å². The fraction of sp³-hybridized carbons (Fsp3) is 0.412. The van der Waals surface area contributed by atoms with E-state index in [0.29, 0.717) is 19.8 Å². The molecule has 1 aromatic heterocycles. The molecule has 2 heterocycles. The van der Waals surface area contributed by atoms with Crippen LogP contribution in [-0.2, 0) is 16.1 Å². The third-order valence-corrected chi connectivity index (χ3v) is 4.26. The average molecular weight is 299 g/mol. The fourth-order valence-corrected chi connectivity index (χ4v) is 2.90. The van der Waals surface area contributed by atoms with Gasteiger partial charge in [0.25, 0.3) is 0 Å². The molecule has 0 aliphatic carbocycles. The van der Waals surface area contributed by atoms with Crippen LogP contribution < -0.4 is 11.1 Å². The Kier molecular flexibility index (Phi) is 4.65. The van der Waals surface area contributed by atoms with Crippen LogP contribution in [0.2, 0.25) is 0 Å². The van der Waals surface area contributed by atoms with E-state index in [4.69, 9.17) is 10.5 Å². The van der Waals surface area contributed by atoms with E-state index in [1.54, 1.807) is 6.20 Å². The highest BCUT2D eigenvalue weighted by Crippen LogP contribution is 2.18. The number of hydrogen-bond acceptors (Lipinski definition) is 4. The van der Waals surface area contributed by atoms with Gasteiger partial charge >= 0.3 is 0 Å². The number of benzene rings is 1. The summed E-state index contributed by atoms with van der Waals surface area (Å²) in [6.45, 7) is 1.78. The predicted molar refractivity (Wildman–Crippen MR) is 85.1 cm³/mol. The van der Waals surface area contributed by atoms with Crippen molar-refractivity contribution in [2.24, 2.45) is 11.7 Å². The first-order valence-corrected chi connectivity index (χ1v) is 7.69. The molecule has 0 bridgehead atoms. The van der Waals surface area contributed by atoms with E-state index in [-0.39, 0.29) is 11.8 Å². The number of fused-ring (bicyclic) bond motifs is 1. The van der Waals surface area contributed by atoms with Crippen LogP contribution in [-0.4, -0.2) is 30.1 Å². The van der Waals surface area contributed by atoms with E-state index in [0.717, 1.165) is 29.3 Å². The summed E-state index contributed by atoms with van der Waals surface area (Å²) < 4.78 is 5.31. The normalized spacial score (nSPS) is 17.3. The van der Waals surface area contributed by atoms with Crippen molar-refractivity contribution in [1.82, 2.24) is 10.3 Å². The number of carbonyl (C=O) groups excluding carboxylic acids is 1. The van der Waals surface area contributed by atoms with E-state index < -0.39 is 6.04 Å². The van der Waals surface area contributed by atoms with E-state index in [2.05, 4.69) is 10.3 Å². The maximum absolute atomic E-state index is 12.2. The minimum absolute atomic E-state index is 0.110. The molecule has 1 fully saturated rings. The lowest BCUT2D eigenvalue weighted by Crippen LogP contribution is -2.46. The smallest absolute Gasteiger partial charge is 0.237 e. The first-order chi connectivity index (χ1) is 10.8. The van der Waals surface area contributed by atoms with E-state index in [1.807, 2.05) is 30.3 Å². The Morgan fingerprint density at radius 3 is 2.91 bits per heavy atom. The molecular formula is C17H21N3O2. The molecule has 22 heavy (non-hydrogen) atoms. The first-order valence-electron chi connectivity index (χ1n) is 7.69. The van der Waals surface area contributed by atoms with Gasteiger partial charge in [-0.2, -0.15) is 0 Å². The summed E-state index contributed by atoms with van der Waals surface area (Å²) in [4.78, 5) is 16.6. The molecule has 3 N–H and O–H groups in total. The van der Waals surface area contributed by atoms with Crippen molar-refractivity contribution in [3.8, 4) is 0 Å². The van der Waals surface area contributed by atoms with E-state index >= 15 is 0 Å². The topological polar surface area (TPSA) is 77.2 Å². The molecular weight excluding hydrogens is 278 g/mol. The second kappa shape index (κ2) is 6.85. The highest BCUT2D eigenvalue weighted by Gasteiger charge is 2.26. The molecule has 0 spiro atoms. The number of ether oxygens (including phenoxy) is 1. The summed E-state index contributed by atoms with van der Waals surface area (Å²) in [5.41, 5.74) is 6.95. The zero-order valence-electron chi connectivity index (χ0n) is 12.5. The van der Waals surface area contributed by atoms with Crippen LogP contribution in [0.3, 0.4) is 0 Å². The van der Waals surface area contributed by atoms with Crippen molar-refractivity contribution >= 4 is 16.7 Å². The molecule has 116 valence electrons. The highest BCUT2D eigenvalue weighted by molar-refractivity contribution is 5.85. The maximum atomic E-state index is 12.2. The number of aromatic nitrogens is 1. The highest BCUT2D eigenvalue weighted by atomic mass is 16.5. The molecule has 3 rings (SSSR count). The molecule has 1 unspecified atom stereocenters. The van der Waals surface area contributed by atoms with Gasteiger partial charge in [-0.3, -0.25) is 9.78 Å². The third kappa shape index (κ3) is 3.26. The van der Waals surface area contributed by atoms with Crippen molar-refractivity contribution < 1.29 is 9.53 Å². The molecule has 0 saturated carbocycles. The van der Waals surface area contributed by atoms with Gasteiger partial charge in [0.1, 0.15) is 0 Å². The largest absolute Gasteiger partial charge is 0.381 e. The van der Waals surface area contributed by atoms with E-state index in [1.165, 1.54) is 0 Å². The molecule has 5 heteroatoms. The molecule has 1 atom stereocenters. The Hall–Kier alpha value is -1.98. The van der Waals surface area contributed by atoms with Gasteiger partial charge in [-0.05, 0) is 30.2 Å². The first kappa shape index (κ1) is 14.9. The van der Waals surface area contributed by atoms with Gasteiger partial charge in [0.2, 0.25) is 5.91 Å². The standard InChI is InChI=1S/C17H21N3O2/c18-16(13-6-9-22-10-7-13)17(21)20-11-15-14-4-2-1-3-12(14)5-8-19-15/h1-5,8,13,16H,6-7,9-11,18H2,(H,20,21).